The molecule has 1 aromatic carbocycles. The second-order valence-electron chi connectivity index (χ2n) is 3.89. The Kier molecular flexibility index (Phi) is 6.07. The van der Waals surface area contributed by atoms with Gasteiger partial charge in [0.1, 0.15) is 0 Å². The summed E-state index contributed by atoms with van der Waals surface area (Å²) < 4.78 is 0. The Morgan fingerprint density at radius 1 is 1.31 bits per heavy atom. The van der Waals surface area contributed by atoms with Crippen LogP contribution in [0.5, 0.6) is 0 Å². The Morgan fingerprint density at radius 2 is 2.06 bits per heavy atom. The van der Waals surface area contributed by atoms with Crippen molar-refractivity contribution in [2.75, 3.05) is 5.33 Å². The lowest BCUT2D eigenvalue weighted by molar-refractivity contribution is 0.0979. The van der Waals surface area contributed by atoms with Crippen molar-refractivity contribution in [1.29, 1.82) is 0 Å². The van der Waals surface area contributed by atoms with Crippen molar-refractivity contribution in [1.82, 2.24) is 0 Å². The van der Waals surface area contributed by atoms with E-state index < -0.39 is 0 Å². The van der Waals surface area contributed by atoms with Gasteiger partial charge >= 0.3 is 0 Å². The van der Waals surface area contributed by atoms with E-state index in [9.17, 15) is 4.79 Å². The Balaban J connectivity index is 2.50. The molecule has 0 radical (unpaired) electrons. The molecule has 88 valence electrons. The number of aryl methyl sites for hydroxylation is 1. The number of ketones is 1. The Labute approximate surface area is 110 Å². The molecule has 0 bridgehead atoms. The summed E-state index contributed by atoms with van der Waals surface area (Å²) in [4.78, 5) is 11.8. The molecule has 0 fully saturated rings. The quantitative estimate of drug-likeness (QED) is 0.420. The zero-order valence-electron chi connectivity index (χ0n) is 9.43. The van der Waals surface area contributed by atoms with Crippen LogP contribution in [0.3, 0.4) is 0 Å². The van der Waals surface area contributed by atoms with E-state index in [0.29, 0.717) is 6.42 Å². The molecule has 1 aromatic rings. The van der Waals surface area contributed by atoms with Crippen LogP contribution in [-0.4, -0.2) is 11.1 Å². The number of rotatable bonds is 6. The van der Waals surface area contributed by atoms with Gasteiger partial charge in [0, 0.05) is 22.3 Å². The van der Waals surface area contributed by atoms with Crippen molar-refractivity contribution in [3.05, 3.63) is 34.3 Å². The van der Waals surface area contributed by atoms with Crippen LogP contribution in [0.4, 0.5) is 0 Å². The van der Waals surface area contributed by atoms with E-state index in [4.69, 9.17) is 11.6 Å². The minimum Gasteiger partial charge on any atom is -0.294 e. The van der Waals surface area contributed by atoms with Crippen LogP contribution in [0.15, 0.2) is 18.2 Å². The third kappa shape index (κ3) is 4.26. The number of unbranched alkanes of at least 4 members (excludes halogenated alkanes) is 2. The van der Waals surface area contributed by atoms with Crippen LogP contribution in [0.1, 0.15) is 41.6 Å². The average Bonchev–Trinajstić information content (AvgIpc) is 2.28. The van der Waals surface area contributed by atoms with E-state index in [0.717, 1.165) is 40.7 Å². The highest BCUT2D eigenvalue weighted by Gasteiger charge is 2.06. The third-order valence-corrected chi connectivity index (χ3v) is 3.50. The summed E-state index contributed by atoms with van der Waals surface area (Å²) in [6.07, 6.45) is 3.83. The van der Waals surface area contributed by atoms with Crippen molar-refractivity contribution in [2.45, 2.75) is 32.6 Å². The van der Waals surface area contributed by atoms with Crippen LogP contribution in [-0.2, 0) is 0 Å². The molecular weight excluding hydrogens is 287 g/mol. The first-order valence-corrected chi connectivity index (χ1v) is 7.00. The number of alkyl halides is 1. The number of halogens is 2. The summed E-state index contributed by atoms with van der Waals surface area (Å²) in [7, 11) is 0. The minimum absolute atomic E-state index is 0.217. The van der Waals surface area contributed by atoms with E-state index in [1.54, 1.807) is 6.07 Å². The predicted molar refractivity (Wildman–Crippen MR) is 72.8 cm³/mol. The summed E-state index contributed by atoms with van der Waals surface area (Å²) in [6.45, 7) is 1.92. The van der Waals surface area contributed by atoms with Gasteiger partial charge in [-0.05, 0) is 43.5 Å². The lowest BCUT2D eigenvalue weighted by atomic mass is 10.0. The predicted octanol–water partition coefficient (Wildman–Crippen LogP) is 4.79. The lowest BCUT2D eigenvalue weighted by Crippen LogP contribution is -1.99. The highest BCUT2D eigenvalue weighted by Crippen LogP contribution is 2.18. The number of Topliss-reactive ketones (excluding diaryl/α,β-unsaturated/α-hetero) is 1. The number of hydrogen-bond donors (Lipinski definition) is 0. The summed E-state index contributed by atoms with van der Waals surface area (Å²) in [5.74, 6) is 0.217. The van der Waals surface area contributed by atoms with Crippen LogP contribution in [0, 0.1) is 6.92 Å². The van der Waals surface area contributed by atoms with Crippen LogP contribution >= 0.6 is 27.5 Å². The van der Waals surface area contributed by atoms with Gasteiger partial charge in [0.15, 0.2) is 5.78 Å². The van der Waals surface area contributed by atoms with E-state index >= 15 is 0 Å². The zero-order chi connectivity index (χ0) is 12.0. The van der Waals surface area contributed by atoms with Gasteiger partial charge in [-0.3, -0.25) is 4.79 Å². The maximum absolute atomic E-state index is 11.8. The fourth-order valence-electron chi connectivity index (χ4n) is 1.52. The van der Waals surface area contributed by atoms with E-state index in [-0.39, 0.29) is 5.78 Å². The maximum atomic E-state index is 11.8. The molecule has 16 heavy (non-hydrogen) atoms. The Bertz CT molecular complexity index is 363. The molecule has 0 aliphatic rings. The molecule has 0 heterocycles. The monoisotopic (exact) mass is 302 g/mol. The van der Waals surface area contributed by atoms with Crippen LogP contribution in [0.25, 0.3) is 0 Å². The fourth-order valence-corrected chi connectivity index (χ4v) is 2.03. The Morgan fingerprint density at radius 3 is 2.69 bits per heavy atom. The second-order valence-corrected chi connectivity index (χ2v) is 5.09. The van der Waals surface area contributed by atoms with Gasteiger partial charge in [-0.15, -0.1) is 0 Å². The number of carbonyl (C=O) groups is 1. The number of benzene rings is 1. The van der Waals surface area contributed by atoms with Gasteiger partial charge < -0.3 is 0 Å². The first-order chi connectivity index (χ1) is 7.65. The highest BCUT2D eigenvalue weighted by atomic mass is 79.9. The zero-order valence-corrected chi connectivity index (χ0v) is 11.8. The first-order valence-electron chi connectivity index (χ1n) is 5.50. The van der Waals surface area contributed by atoms with Crippen molar-refractivity contribution < 1.29 is 4.79 Å². The molecule has 0 saturated heterocycles. The molecular formula is C13H16BrClO. The van der Waals surface area contributed by atoms with Gasteiger partial charge in [0.25, 0.3) is 0 Å². The molecule has 0 N–H and O–H groups in total. The van der Waals surface area contributed by atoms with Crippen LogP contribution < -0.4 is 0 Å². The molecule has 0 aliphatic carbocycles. The molecule has 0 aliphatic heterocycles. The first kappa shape index (κ1) is 13.7. The van der Waals surface area contributed by atoms with Gasteiger partial charge in [-0.25, -0.2) is 0 Å². The fraction of sp³-hybridized carbons (Fsp3) is 0.462. The molecule has 0 amide bonds. The van der Waals surface area contributed by atoms with Crippen LogP contribution in [0.2, 0.25) is 5.02 Å². The van der Waals surface area contributed by atoms with Crippen molar-refractivity contribution in [3.8, 4) is 0 Å². The molecule has 0 aromatic heterocycles. The Hall–Kier alpha value is -0.340. The highest BCUT2D eigenvalue weighted by molar-refractivity contribution is 9.09. The van der Waals surface area contributed by atoms with Crippen molar-refractivity contribution in [3.63, 3.8) is 0 Å². The lowest BCUT2D eigenvalue weighted by Gasteiger charge is -2.03. The van der Waals surface area contributed by atoms with Crippen molar-refractivity contribution >= 4 is 33.3 Å². The summed E-state index contributed by atoms with van der Waals surface area (Å²) in [5.41, 5.74) is 1.74. The number of hydrogen-bond acceptors (Lipinski definition) is 1. The molecule has 1 nitrogen and oxygen atoms in total. The molecule has 0 spiro atoms. The van der Waals surface area contributed by atoms with Gasteiger partial charge in [0.2, 0.25) is 0 Å². The molecule has 1 rings (SSSR count). The van der Waals surface area contributed by atoms with E-state index in [1.165, 1.54) is 0 Å². The average molecular weight is 304 g/mol. The summed E-state index contributed by atoms with van der Waals surface area (Å²) >= 11 is 9.29. The molecule has 0 saturated carbocycles. The normalized spacial score (nSPS) is 10.4. The minimum atomic E-state index is 0.217. The van der Waals surface area contributed by atoms with Gasteiger partial charge in [-0.1, -0.05) is 34.0 Å². The molecule has 3 heteroatoms. The van der Waals surface area contributed by atoms with Gasteiger partial charge in [-0.2, -0.15) is 0 Å². The second kappa shape index (κ2) is 7.08. The smallest absolute Gasteiger partial charge is 0.162 e. The summed E-state index contributed by atoms with van der Waals surface area (Å²) in [5, 5.41) is 1.73. The van der Waals surface area contributed by atoms with E-state index in [1.807, 2.05) is 19.1 Å². The summed E-state index contributed by atoms with van der Waals surface area (Å²) in [6, 6.07) is 5.47. The standard InChI is InChI=1S/C13H16BrClO/c1-10-9-11(6-7-12(10)15)13(16)5-3-2-4-8-14/h6-7,9H,2-5,8H2,1H3. The number of carbonyl (C=O) groups excluding carboxylic acids is 1. The molecule has 0 atom stereocenters. The maximum Gasteiger partial charge on any atom is 0.162 e. The topological polar surface area (TPSA) is 17.1 Å². The van der Waals surface area contributed by atoms with E-state index in [2.05, 4.69) is 15.9 Å². The third-order valence-electron chi connectivity index (χ3n) is 2.52. The molecule has 0 unspecified atom stereocenters. The van der Waals surface area contributed by atoms with Crippen molar-refractivity contribution in [2.24, 2.45) is 0 Å². The largest absolute Gasteiger partial charge is 0.294 e. The SMILES string of the molecule is Cc1cc(C(=O)CCCCCBr)ccc1Cl. The van der Waals surface area contributed by atoms with Gasteiger partial charge in [0.05, 0.1) is 0 Å².